The molecule has 0 atom stereocenters. The van der Waals surface area contributed by atoms with Crippen molar-refractivity contribution in [1.29, 1.82) is 0 Å². The number of rotatable bonds is 4. The minimum Gasteiger partial charge on any atom is -0.477 e. The Labute approximate surface area is 110 Å². The highest BCUT2D eigenvalue weighted by Crippen LogP contribution is 2.15. The lowest BCUT2D eigenvalue weighted by molar-refractivity contribution is 0.0690. The summed E-state index contributed by atoms with van der Waals surface area (Å²) in [5.74, 6) is -0.881. The predicted octanol–water partition coefficient (Wildman–Crippen LogP) is 2.56. The van der Waals surface area contributed by atoms with Crippen LogP contribution < -0.4 is 4.90 Å². The van der Waals surface area contributed by atoms with E-state index in [1.165, 1.54) is 12.1 Å². The van der Waals surface area contributed by atoms with Crippen molar-refractivity contribution in [2.45, 2.75) is 6.54 Å². The lowest BCUT2D eigenvalue weighted by Gasteiger charge is -2.18. The molecule has 0 amide bonds. The van der Waals surface area contributed by atoms with Gasteiger partial charge in [0.15, 0.2) is 5.69 Å². The van der Waals surface area contributed by atoms with Crippen molar-refractivity contribution in [3.63, 3.8) is 0 Å². The molecule has 0 radical (unpaired) electrons. The van der Waals surface area contributed by atoms with Gasteiger partial charge in [-0.05, 0) is 18.2 Å². The molecule has 1 heterocycles. The maximum Gasteiger partial charge on any atom is 0.354 e. The number of carbonyl (C=O) groups is 1. The van der Waals surface area contributed by atoms with Crippen LogP contribution in [0.4, 0.5) is 10.2 Å². The van der Waals surface area contributed by atoms with Gasteiger partial charge in [0, 0.05) is 19.2 Å². The zero-order chi connectivity index (χ0) is 13.8. The molecule has 19 heavy (non-hydrogen) atoms. The van der Waals surface area contributed by atoms with Crippen molar-refractivity contribution in [1.82, 2.24) is 4.98 Å². The number of aromatic carboxylic acids is 1. The Balaban J connectivity index is 2.20. The maximum absolute atomic E-state index is 13.5. The average molecular weight is 260 g/mol. The third-order valence-electron chi connectivity index (χ3n) is 2.71. The van der Waals surface area contributed by atoms with Gasteiger partial charge in [0.2, 0.25) is 0 Å². The first-order valence-electron chi connectivity index (χ1n) is 5.73. The Morgan fingerprint density at radius 3 is 2.68 bits per heavy atom. The summed E-state index contributed by atoms with van der Waals surface area (Å²) in [5.41, 5.74) is 0.505. The van der Waals surface area contributed by atoms with E-state index in [1.54, 1.807) is 42.3 Å². The van der Waals surface area contributed by atoms with Crippen LogP contribution in [-0.2, 0) is 6.54 Å². The van der Waals surface area contributed by atoms with Gasteiger partial charge < -0.3 is 10.0 Å². The second kappa shape index (κ2) is 5.48. The van der Waals surface area contributed by atoms with Crippen LogP contribution in [0.3, 0.4) is 0 Å². The Morgan fingerprint density at radius 2 is 2.00 bits per heavy atom. The van der Waals surface area contributed by atoms with E-state index in [9.17, 15) is 9.18 Å². The third-order valence-corrected chi connectivity index (χ3v) is 2.71. The van der Waals surface area contributed by atoms with Crippen LogP contribution in [0.15, 0.2) is 42.5 Å². The SMILES string of the molecule is CN(Cc1ccccc1F)c1cccc(C(=O)O)n1. The molecule has 1 aromatic carbocycles. The molecule has 0 bridgehead atoms. The predicted molar refractivity (Wildman–Crippen MR) is 69.7 cm³/mol. The molecule has 0 aliphatic carbocycles. The number of nitrogens with zero attached hydrogens (tertiary/aromatic N) is 2. The van der Waals surface area contributed by atoms with E-state index in [0.717, 1.165) is 0 Å². The Kier molecular flexibility index (Phi) is 3.75. The minimum atomic E-state index is -1.08. The molecular formula is C14H13FN2O2. The molecule has 2 aromatic rings. The van der Waals surface area contributed by atoms with Gasteiger partial charge in [-0.2, -0.15) is 0 Å². The van der Waals surface area contributed by atoms with Gasteiger partial charge in [0.1, 0.15) is 11.6 Å². The molecular weight excluding hydrogens is 247 g/mol. The van der Waals surface area contributed by atoms with Crippen LogP contribution in [0.25, 0.3) is 0 Å². The summed E-state index contributed by atoms with van der Waals surface area (Å²) in [6.45, 7) is 0.322. The maximum atomic E-state index is 13.5. The van der Waals surface area contributed by atoms with E-state index in [4.69, 9.17) is 5.11 Å². The first kappa shape index (κ1) is 13.0. The standard InChI is InChI=1S/C14H13FN2O2/c1-17(9-10-5-2-3-6-11(10)15)13-8-4-7-12(16-13)14(18)19/h2-8H,9H2,1H3,(H,18,19). The summed E-state index contributed by atoms with van der Waals surface area (Å²) in [4.78, 5) is 16.5. The van der Waals surface area contributed by atoms with Crippen molar-refractivity contribution >= 4 is 11.8 Å². The van der Waals surface area contributed by atoms with Gasteiger partial charge in [-0.3, -0.25) is 0 Å². The molecule has 0 saturated carbocycles. The zero-order valence-corrected chi connectivity index (χ0v) is 10.4. The number of hydrogen-bond acceptors (Lipinski definition) is 3. The molecule has 1 N–H and O–H groups in total. The topological polar surface area (TPSA) is 53.4 Å². The van der Waals surface area contributed by atoms with E-state index in [2.05, 4.69) is 4.98 Å². The van der Waals surface area contributed by atoms with Gasteiger partial charge in [0.25, 0.3) is 0 Å². The molecule has 98 valence electrons. The number of carboxylic acids is 1. The number of carboxylic acid groups (broad SMARTS) is 1. The summed E-state index contributed by atoms with van der Waals surface area (Å²) in [6.07, 6.45) is 0. The van der Waals surface area contributed by atoms with Crippen molar-refractivity contribution in [3.8, 4) is 0 Å². The van der Waals surface area contributed by atoms with E-state index in [0.29, 0.717) is 17.9 Å². The first-order chi connectivity index (χ1) is 9.08. The number of halogens is 1. The second-order valence-electron chi connectivity index (χ2n) is 4.13. The lowest BCUT2D eigenvalue weighted by atomic mass is 10.2. The molecule has 0 saturated heterocycles. The van der Waals surface area contributed by atoms with Crippen LogP contribution in [-0.4, -0.2) is 23.1 Å². The molecule has 5 heteroatoms. The van der Waals surface area contributed by atoms with Crippen LogP contribution in [0.2, 0.25) is 0 Å². The minimum absolute atomic E-state index is 0.0297. The van der Waals surface area contributed by atoms with Gasteiger partial charge in [-0.25, -0.2) is 14.2 Å². The van der Waals surface area contributed by atoms with Crippen LogP contribution in [0, 0.1) is 5.82 Å². The summed E-state index contributed by atoms with van der Waals surface area (Å²) in [7, 11) is 1.74. The summed E-state index contributed by atoms with van der Waals surface area (Å²) in [6, 6.07) is 11.2. The molecule has 1 aromatic heterocycles. The number of hydrogen-bond donors (Lipinski definition) is 1. The molecule has 0 fully saturated rings. The van der Waals surface area contributed by atoms with E-state index >= 15 is 0 Å². The van der Waals surface area contributed by atoms with Crippen LogP contribution in [0.5, 0.6) is 0 Å². The summed E-state index contributed by atoms with van der Waals surface area (Å²) >= 11 is 0. The second-order valence-corrected chi connectivity index (χ2v) is 4.13. The number of anilines is 1. The number of pyridine rings is 1. The monoisotopic (exact) mass is 260 g/mol. The molecule has 2 rings (SSSR count). The normalized spacial score (nSPS) is 10.2. The molecule has 0 unspecified atom stereocenters. The molecule has 0 aliphatic rings. The van der Waals surface area contributed by atoms with Gasteiger partial charge in [-0.1, -0.05) is 24.3 Å². The van der Waals surface area contributed by atoms with Crippen molar-refractivity contribution in [2.75, 3.05) is 11.9 Å². The Morgan fingerprint density at radius 1 is 1.26 bits per heavy atom. The van der Waals surface area contributed by atoms with Gasteiger partial charge in [-0.15, -0.1) is 0 Å². The third kappa shape index (κ3) is 3.07. The molecule has 0 spiro atoms. The smallest absolute Gasteiger partial charge is 0.354 e. The molecule has 4 nitrogen and oxygen atoms in total. The largest absolute Gasteiger partial charge is 0.477 e. The van der Waals surface area contributed by atoms with E-state index < -0.39 is 5.97 Å². The van der Waals surface area contributed by atoms with E-state index in [1.807, 2.05) is 0 Å². The highest BCUT2D eigenvalue weighted by atomic mass is 19.1. The van der Waals surface area contributed by atoms with Gasteiger partial charge >= 0.3 is 5.97 Å². The highest BCUT2D eigenvalue weighted by molar-refractivity contribution is 5.85. The summed E-state index contributed by atoms with van der Waals surface area (Å²) in [5, 5.41) is 8.88. The number of aromatic nitrogens is 1. The Hall–Kier alpha value is -2.43. The first-order valence-corrected chi connectivity index (χ1v) is 5.73. The zero-order valence-electron chi connectivity index (χ0n) is 10.4. The fraction of sp³-hybridized carbons (Fsp3) is 0.143. The van der Waals surface area contributed by atoms with Crippen molar-refractivity contribution in [2.24, 2.45) is 0 Å². The average Bonchev–Trinajstić information content (AvgIpc) is 2.41. The van der Waals surface area contributed by atoms with Crippen LogP contribution in [0.1, 0.15) is 16.1 Å². The quantitative estimate of drug-likeness (QED) is 0.917. The van der Waals surface area contributed by atoms with Gasteiger partial charge in [0.05, 0.1) is 0 Å². The summed E-state index contributed by atoms with van der Waals surface area (Å²) < 4.78 is 13.5. The van der Waals surface area contributed by atoms with Crippen molar-refractivity contribution in [3.05, 3.63) is 59.5 Å². The van der Waals surface area contributed by atoms with Crippen LogP contribution >= 0.6 is 0 Å². The number of benzene rings is 1. The van der Waals surface area contributed by atoms with E-state index in [-0.39, 0.29) is 11.5 Å². The Bertz CT molecular complexity index is 602. The fourth-order valence-corrected chi connectivity index (χ4v) is 1.72. The molecule has 0 aliphatic heterocycles. The lowest BCUT2D eigenvalue weighted by Crippen LogP contribution is -2.19. The highest BCUT2D eigenvalue weighted by Gasteiger charge is 2.10. The fourth-order valence-electron chi connectivity index (χ4n) is 1.72. The van der Waals surface area contributed by atoms with Crippen molar-refractivity contribution < 1.29 is 14.3 Å².